The average Bonchev–Trinajstić information content (AvgIpc) is 2.15. The molecule has 1 rings (SSSR count). The zero-order chi connectivity index (χ0) is 10.6. The third kappa shape index (κ3) is 2.52. The van der Waals surface area contributed by atoms with Gasteiger partial charge < -0.3 is 5.73 Å². The lowest BCUT2D eigenvalue weighted by atomic mass is 10.1. The van der Waals surface area contributed by atoms with Gasteiger partial charge in [-0.05, 0) is 25.5 Å². The fourth-order valence-corrected chi connectivity index (χ4v) is 1.80. The number of nitrogens with two attached hydrogens (primary N) is 1. The second-order valence-electron chi connectivity index (χ2n) is 2.89. The fraction of sp³-hybridized carbons (Fsp3) is 0.333. The maximum Gasteiger partial charge on any atom is 0.273 e. The summed E-state index contributed by atoms with van der Waals surface area (Å²) in [7, 11) is 0. The molecule has 0 spiro atoms. The van der Waals surface area contributed by atoms with Crippen LogP contribution in [0.4, 0.5) is 5.69 Å². The first kappa shape index (κ1) is 11.1. The van der Waals surface area contributed by atoms with E-state index >= 15 is 0 Å². The maximum atomic E-state index is 10.7. The highest BCUT2D eigenvalue weighted by atomic mass is 79.9. The van der Waals surface area contributed by atoms with Crippen molar-refractivity contribution in [3.05, 3.63) is 38.3 Å². The predicted octanol–water partition coefficient (Wildman–Crippen LogP) is 2.25. The molecule has 0 bridgehead atoms. The average molecular weight is 259 g/mol. The van der Waals surface area contributed by atoms with E-state index in [1.165, 1.54) is 6.07 Å². The Morgan fingerprint density at radius 2 is 2.21 bits per heavy atom. The van der Waals surface area contributed by atoms with E-state index in [0.29, 0.717) is 13.0 Å². The molecule has 0 aliphatic rings. The molecular weight excluding hydrogens is 248 g/mol. The first-order chi connectivity index (χ1) is 6.66. The summed E-state index contributed by atoms with van der Waals surface area (Å²) < 4.78 is 0.778. The summed E-state index contributed by atoms with van der Waals surface area (Å²) in [5.41, 5.74) is 6.25. The second-order valence-corrected chi connectivity index (χ2v) is 3.74. The van der Waals surface area contributed by atoms with Gasteiger partial charge >= 0.3 is 0 Å². The second kappa shape index (κ2) is 5.07. The van der Waals surface area contributed by atoms with Crippen molar-refractivity contribution in [1.29, 1.82) is 0 Å². The van der Waals surface area contributed by atoms with Crippen molar-refractivity contribution in [2.45, 2.75) is 12.8 Å². The van der Waals surface area contributed by atoms with Crippen LogP contribution in [0, 0.1) is 10.1 Å². The van der Waals surface area contributed by atoms with E-state index in [2.05, 4.69) is 15.9 Å². The van der Waals surface area contributed by atoms with Crippen LogP contribution in [0.2, 0.25) is 0 Å². The molecule has 0 unspecified atom stereocenters. The lowest BCUT2D eigenvalue weighted by molar-refractivity contribution is -0.385. The Kier molecular flexibility index (Phi) is 4.03. The smallest absolute Gasteiger partial charge is 0.273 e. The topological polar surface area (TPSA) is 69.2 Å². The number of rotatable bonds is 4. The molecule has 0 saturated carbocycles. The quantitative estimate of drug-likeness (QED) is 0.666. The van der Waals surface area contributed by atoms with Gasteiger partial charge in [0.25, 0.3) is 5.69 Å². The summed E-state index contributed by atoms with van der Waals surface area (Å²) in [6.45, 7) is 0.540. The molecule has 76 valence electrons. The third-order valence-corrected chi connectivity index (χ3v) is 2.66. The minimum atomic E-state index is -0.364. The predicted molar refractivity (Wildman–Crippen MR) is 58.2 cm³/mol. The number of nitrogens with zero attached hydrogens (tertiary/aromatic N) is 1. The van der Waals surface area contributed by atoms with Crippen LogP contribution in [-0.2, 0) is 6.42 Å². The van der Waals surface area contributed by atoms with E-state index in [9.17, 15) is 10.1 Å². The van der Waals surface area contributed by atoms with Crippen LogP contribution in [0.5, 0.6) is 0 Å². The standard InChI is InChI=1S/C9H11BrN2O2/c10-8-4-1-5-9(12(13)14)7(8)3-2-6-11/h1,4-5H,2-3,6,11H2. The number of nitro benzene ring substituents is 1. The van der Waals surface area contributed by atoms with Crippen LogP contribution in [0.25, 0.3) is 0 Å². The Hall–Kier alpha value is -0.940. The fourth-order valence-electron chi connectivity index (χ4n) is 1.24. The number of benzene rings is 1. The van der Waals surface area contributed by atoms with Gasteiger partial charge in [-0.3, -0.25) is 10.1 Å². The summed E-state index contributed by atoms with van der Waals surface area (Å²) in [6.07, 6.45) is 1.39. The van der Waals surface area contributed by atoms with Gasteiger partial charge in [0.05, 0.1) is 4.92 Å². The lowest BCUT2D eigenvalue weighted by Crippen LogP contribution is -2.03. The Balaban J connectivity index is 3.02. The molecule has 5 heteroatoms. The Bertz CT molecular complexity index is 342. The summed E-state index contributed by atoms with van der Waals surface area (Å²) in [4.78, 5) is 10.3. The van der Waals surface area contributed by atoms with Gasteiger partial charge in [0.2, 0.25) is 0 Å². The largest absolute Gasteiger partial charge is 0.330 e. The molecule has 0 fully saturated rings. The van der Waals surface area contributed by atoms with Gasteiger partial charge in [0, 0.05) is 16.1 Å². The van der Waals surface area contributed by atoms with Gasteiger partial charge in [-0.25, -0.2) is 0 Å². The van der Waals surface area contributed by atoms with Crippen molar-refractivity contribution >= 4 is 21.6 Å². The number of hydrogen-bond acceptors (Lipinski definition) is 3. The summed E-state index contributed by atoms with van der Waals surface area (Å²) in [6, 6.07) is 4.98. The Labute approximate surface area is 90.4 Å². The van der Waals surface area contributed by atoms with Crippen molar-refractivity contribution in [1.82, 2.24) is 0 Å². The normalized spacial score (nSPS) is 10.1. The zero-order valence-electron chi connectivity index (χ0n) is 7.57. The highest BCUT2D eigenvalue weighted by Gasteiger charge is 2.14. The molecule has 0 atom stereocenters. The van der Waals surface area contributed by atoms with Crippen LogP contribution in [0.1, 0.15) is 12.0 Å². The minimum absolute atomic E-state index is 0.160. The number of nitro groups is 1. The van der Waals surface area contributed by atoms with Gasteiger partial charge in [-0.2, -0.15) is 0 Å². The molecule has 0 radical (unpaired) electrons. The zero-order valence-corrected chi connectivity index (χ0v) is 9.16. The Morgan fingerprint density at radius 3 is 2.79 bits per heavy atom. The molecule has 2 N–H and O–H groups in total. The van der Waals surface area contributed by atoms with Crippen LogP contribution in [0.15, 0.2) is 22.7 Å². The third-order valence-electron chi connectivity index (χ3n) is 1.92. The van der Waals surface area contributed by atoms with Crippen molar-refractivity contribution in [3.63, 3.8) is 0 Å². The van der Waals surface area contributed by atoms with Crippen LogP contribution in [0.3, 0.4) is 0 Å². The summed E-state index contributed by atoms with van der Waals surface area (Å²) >= 11 is 3.30. The van der Waals surface area contributed by atoms with Gasteiger partial charge in [-0.15, -0.1) is 0 Å². The molecule has 0 heterocycles. The van der Waals surface area contributed by atoms with E-state index in [0.717, 1.165) is 16.5 Å². The van der Waals surface area contributed by atoms with E-state index in [-0.39, 0.29) is 10.6 Å². The molecule has 0 amide bonds. The SMILES string of the molecule is NCCCc1c(Br)cccc1[N+](=O)[O-]. The van der Waals surface area contributed by atoms with E-state index in [1.54, 1.807) is 12.1 Å². The molecule has 1 aromatic carbocycles. The molecule has 0 aliphatic heterocycles. The highest BCUT2D eigenvalue weighted by molar-refractivity contribution is 9.10. The first-order valence-electron chi connectivity index (χ1n) is 4.28. The minimum Gasteiger partial charge on any atom is -0.330 e. The van der Waals surface area contributed by atoms with Crippen molar-refractivity contribution < 1.29 is 4.92 Å². The molecule has 14 heavy (non-hydrogen) atoms. The van der Waals surface area contributed by atoms with Crippen molar-refractivity contribution in [2.75, 3.05) is 6.54 Å². The van der Waals surface area contributed by atoms with Crippen LogP contribution in [-0.4, -0.2) is 11.5 Å². The molecule has 0 aromatic heterocycles. The maximum absolute atomic E-state index is 10.7. The summed E-state index contributed by atoms with van der Waals surface area (Å²) in [5, 5.41) is 10.7. The molecule has 1 aromatic rings. The van der Waals surface area contributed by atoms with Gasteiger partial charge in [-0.1, -0.05) is 22.0 Å². The van der Waals surface area contributed by atoms with E-state index in [1.807, 2.05) is 0 Å². The molecular formula is C9H11BrN2O2. The Morgan fingerprint density at radius 1 is 1.50 bits per heavy atom. The summed E-state index contributed by atoms with van der Waals surface area (Å²) in [5.74, 6) is 0. The van der Waals surface area contributed by atoms with Gasteiger partial charge in [0.1, 0.15) is 0 Å². The van der Waals surface area contributed by atoms with Crippen molar-refractivity contribution in [3.8, 4) is 0 Å². The monoisotopic (exact) mass is 258 g/mol. The van der Waals surface area contributed by atoms with Crippen molar-refractivity contribution in [2.24, 2.45) is 5.73 Å². The van der Waals surface area contributed by atoms with Gasteiger partial charge in [0.15, 0.2) is 0 Å². The molecule has 0 saturated heterocycles. The highest BCUT2D eigenvalue weighted by Crippen LogP contribution is 2.27. The number of halogens is 1. The molecule has 4 nitrogen and oxygen atoms in total. The lowest BCUT2D eigenvalue weighted by Gasteiger charge is -2.03. The van der Waals surface area contributed by atoms with Crippen LogP contribution >= 0.6 is 15.9 Å². The first-order valence-corrected chi connectivity index (χ1v) is 5.08. The van der Waals surface area contributed by atoms with E-state index in [4.69, 9.17) is 5.73 Å². The van der Waals surface area contributed by atoms with Crippen LogP contribution < -0.4 is 5.73 Å². The molecule has 0 aliphatic carbocycles. The van der Waals surface area contributed by atoms with E-state index < -0.39 is 0 Å². The number of hydrogen-bond donors (Lipinski definition) is 1.